The summed E-state index contributed by atoms with van der Waals surface area (Å²) in [6.45, 7) is 3.70. The van der Waals surface area contributed by atoms with Crippen molar-refractivity contribution in [2.75, 3.05) is 0 Å². The number of phenols is 1. The van der Waals surface area contributed by atoms with Crippen molar-refractivity contribution in [3.63, 3.8) is 0 Å². The fourth-order valence-corrected chi connectivity index (χ4v) is 1.38. The number of phenolic OH excluding ortho intramolecular Hbond substituents is 1. The van der Waals surface area contributed by atoms with Gasteiger partial charge in [-0.2, -0.15) is 0 Å². The molecule has 1 aromatic carbocycles. The van der Waals surface area contributed by atoms with E-state index >= 15 is 0 Å². The van der Waals surface area contributed by atoms with E-state index in [4.69, 9.17) is 0 Å². The predicted octanol–water partition coefficient (Wildman–Crippen LogP) is 3.10. The lowest BCUT2D eigenvalue weighted by Crippen LogP contribution is -1.81. The van der Waals surface area contributed by atoms with E-state index in [2.05, 4.69) is 11.6 Å². The van der Waals surface area contributed by atoms with E-state index in [0.29, 0.717) is 0 Å². The van der Waals surface area contributed by atoms with Crippen LogP contribution in [0.3, 0.4) is 0 Å². The van der Waals surface area contributed by atoms with Crippen LogP contribution >= 0.6 is 0 Å². The third-order valence-electron chi connectivity index (χ3n) is 2.20. The molecule has 0 bridgehead atoms. The Morgan fingerprint density at radius 2 is 1.80 bits per heavy atom. The molecule has 2 rings (SSSR count). The molecule has 74 valence electrons. The Labute approximate surface area is 88.5 Å². The molecule has 0 aliphatic carbocycles. The lowest BCUT2D eigenvalue weighted by atomic mass is 10.1. The van der Waals surface area contributed by atoms with Gasteiger partial charge >= 0.3 is 0 Å². The normalized spacial score (nSPS) is 9.87. The Hall–Kier alpha value is -2.09. The van der Waals surface area contributed by atoms with Crippen LogP contribution in [-0.4, -0.2) is 10.1 Å². The molecule has 0 spiro atoms. The Kier molecular flexibility index (Phi) is 2.50. The number of nitrogens with zero attached hydrogens (tertiary/aromatic N) is 1. The maximum absolute atomic E-state index is 9.17. The van der Waals surface area contributed by atoms with Gasteiger partial charge in [-0.1, -0.05) is 24.8 Å². The van der Waals surface area contributed by atoms with Crippen LogP contribution in [-0.2, 0) is 0 Å². The molecule has 1 heterocycles. The molecule has 2 nitrogen and oxygen atoms in total. The molecule has 0 aliphatic rings. The second-order valence-corrected chi connectivity index (χ2v) is 3.26. The summed E-state index contributed by atoms with van der Waals surface area (Å²) in [7, 11) is 0. The number of hydrogen-bond acceptors (Lipinski definition) is 2. The highest BCUT2D eigenvalue weighted by Gasteiger charge is 1.98. The van der Waals surface area contributed by atoms with Crippen LogP contribution in [0.1, 0.15) is 5.56 Å². The number of rotatable bonds is 2. The van der Waals surface area contributed by atoms with Crippen LogP contribution in [0.15, 0.2) is 49.3 Å². The Balaban J connectivity index is 2.44. The van der Waals surface area contributed by atoms with Crippen molar-refractivity contribution in [2.45, 2.75) is 0 Å². The summed E-state index contributed by atoms with van der Waals surface area (Å²) in [5.74, 6) is 0.270. The minimum absolute atomic E-state index is 0.270. The molecule has 15 heavy (non-hydrogen) atoms. The smallest absolute Gasteiger partial charge is 0.115 e. The van der Waals surface area contributed by atoms with Gasteiger partial charge in [0.25, 0.3) is 0 Å². The molecule has 1 aromatic heterocycles. The van der Waals surface area contributed by atoms with Crippen molar-refractivity contribution in [3.05, 3.63) is 54.9 Å². The molecule has 2 aromatic rings. The third kappa shape index (κ3) is 2.05. The number of aromatic nitrogens is 1. The zero-order valence-corrected chi connectivity index (χ0v) is 8.22. The number of pyridine rings is 1. The highest BCUT2D eigenvalue weighted by atomic mass is 16.3. The quantitative estimate of drug-likeness (QED) is 0.802. The van der Waals surface area contributed by atoms with Gasteiger partial charge in [-0.05, 0) is 29.3 Å². The van der Waals surface area contributed by atoms with E-state index in [1.54, 1.807) is 30.6 Å². The molecule has 2 heteroatoms. The highest BCUT2D eigenvalue weighted by molar-refractivity contribution is 5.66. The molecule has 0 saturated carbocycles. The molecule has 0 fully saturated rings. The number of aromatic hydroxyl groups is 1. The lowest BCUT2D eigenvalue weighted by Gasteiger charge is -2.02. The van der Waals surface area contributed by atoms with Gasteiger partial charge in [0.05, 0.1) is 0 Å². The van der Waals surface area contributed by atoms with Crippen molar-refractivity contribution in [3.8, 4) is 16.9 Å². The van der Waals surface area contributed by atoms with E-state index in [1.807, 2.05) is 18.2 Å². The molecule has 1 N–H and O–H groups in total. The second kappa shape index (κ2) is 3.96. The first-order valence-electron chi connectivity index (χ1n) is 4.66. The Morgan fingerprint density at radius 1 is 1.07 bits per heavy atom. The molecular formula is C13H11NO. The third-order valence-corrected chi connectivity index (χ3v) is 2.20. The van der Waals surface area contributed by atoms with Gasteiger partial charge in [0, 0.05) is 18.0 Å². The van der Waals surface area contributed by atoms with Crippen molar-refractivity contribution in [1.82, 2.24) is 4.98 Å². The Bertz CT molecular complexity index is 474. The fraction of sp³-hybridized carbons (Fsp3) is 0. The van der Waals surface area contributed by atoms with Crippen molar-refractivity contribution in [1.29, 1.82) is 0 Å². The zero-order chi connectivity index (χ0) is 10.7. The van der Waals surface area contributed by atoms with E-state index in [0.717, 1.165) is 16.7 Å². The lowest BCUT2D eigenvalue weighted by molar-refractivity contribution is 0.475. The summed E-state index contributed by atoms with van der Waals surface area (Å²) in [5.41, 5.74) is 3.04. The maximum Gasteiger partial charge on any atom is 0.115 e. The zero-order valence-electron chi connectivity index (χ0n) is 8.22. The highest BCUT2D eigenvalue weighted by Crippen LogP contribution is 2.21. The van der Waals surface area contributed by atoms with Crippen LogP contribution < -0.4 is 0 Å². The van der Waals surface area contributed by atoms with E-state index in [1.165, 1.54) is 0 Å². The van der Waals surface area contributed by atoms with Gasteiger partial charge in [-0.3, -0.25) is 4.98 Å². The average Bonchev–Trinajstić information content (AvgIpc) is 2.30. The minimum atomic E-state index is 0.270. The molecule has 0 aliphatic heterocycles. The van der Waals surface area contributed by atoms with Crippen molar-refractivity contribution < 1.29 is 5.11 Å². The topological polar surface area (TPSA) is 33.1 Å². The SMILES string of the molecule is C=Cc1cncc(-c2ccc(O)cc2)c1. The van der Waals surface area contributed by atoms with Gasteiger partial charge in [0.2, 0.25) is 0 Å². The first-order valence-corrected chi connectivity index (χ1v) is 4.66. The van der Waals surface area contributed by atoms with Crippen LogP contribution in [0.2, 0.25) is 0 Å². The first kappa shape index (κ1) is 9.46. The van der Waals surface area contributed by atoms with Crippen LogP contribution in [0, 0.1) is 0 Å². The van der Waals surface area contributed by atoms with Gasteiger partial charge in [0.15, 0.2) is 0 Å². The summed E-state index contributed by atoms with van der Waals surface area (Å²) in [5, 5.41) is 9.17. The number of hydrogen-bond donors (Lipinski definition) is 1. The number of benzene rings is 1. The monoisotopic (exact) mass is 197 g/mol. The second-order valence-electron chi connectivity index (χ2n) is 3.26. The Morgan fingerprint density at radius 3 is 2.47 bits per heavy atom. The van der Waals surface area contributed by atoms with E-state index < -0.39 is 0 Å². The summed E-state index contributed by atoms with van der Waals surface area (Å²) < 4.78 is 0. The molecule has 0 unspecified atom stereocenters. The summed E-state index contributed by atoms with van der Waals surface area (Å²) in [4.78, 5) is 4.12. The molecule has 0 saturated heterocycles. The van der Waals surface area contributed by atoms with E-state index in [9.17, 15) is 5.11 Å². The van der Waals surface area contributed by atoms with Crippen LogP contribution in [0.4, 0.5) is 0 Å². The molecular weight excluding hydrogens is 186 g/mol. The molecule has 0 amide bonds. The van der Waals surface area contributed by atoms with Gasteiger partial charge in [-0.15, -0.1) is 0 Å². The average molecular weight is 197 g/mol. The maximum atomic E-state index is 9.17. The largest absolute Gasteiger partial charge is 0.508 e. The summed E-state index contributed by atoms with van der Waals surface area (Å²) >= 11 is 0. The van der Waals surface area contributed by atoms with Crippen LogP contribution in [0.5, 0.6) is 5.75 Å². The van der Waals surface area contributed by atoms with Gasteiger partial charge in [0.1, 0.15) is 5.75 Å². The molecule has 0 atom stereocenters. The minimum Gasteiger partial charge on any atom is -0.508 e. The van der Waals surface area contributed by atoms with Crippen molar-refractivity contribution >= 4 is 6.08 Å². The predicted molar refractivity (Wildman–Crippen MR) is 61.4 cm³/mol. The van der Waals surface area contributed by atoms with Gasteiger partial charge < -0.3 is 5.11 Å². The van der Waals surface area contributed by atoms with Gasteiger partial charge in [-0.25, -0.2) is 0 Å². The van der Waals surface area contributed by atoms with Crippen molar-refractivity contribution in [2.24, 2.45) is 0 Å². The summed E-state index contributed by atoms with van der Waals surface area (Å²) in [6.07, 6.45) is 5.31. The van der Waals surface area contributed by atoms with Crippen LogP contribution in [0.25, 0.3) is 17.2 Å². The van der Waals surface area contributed by atoms with E-state index in [-0.39, 0.29) is 5.75 Å². The fourth-order valence-electron chi connectivity index (χ4n) is 1.38. The molecule has 0 radical (unpaired) electrons. The standard InChI is InChI=1S/C13H11NO/c1-2-10-7-12(9-14-8-10)11-3-5-13(15)6-4-11/h2-9,15H,1H2. The first-order chi connectivity index (χ1) is 7.29. The summed E-state index contributed by atoms with van der Waals surface area (Å²) in [6, 6.07) is 9.05.